The SMILES string of the molecule is NS(=O)(=O)CCCNC(c1ccccc1)c1ccccn1. The number of sulfonamides is 1. The summed E-state index contributed by atoms with van der Waals surface area (Å²) in [6.45, 7) is 0.548. The van der Waals surface area contributed by atoms with Crippen LogP contribution in [0.5, 0.6) is 0 Å². The molecule has 0 bridgehead atoms. The number of nitrogens with two attached hydrogens (primary N) is 1. The Kier molecular flexibility index (Phi) is 5.44. The van der Waals surface area contributed by atoms with Crippen molar-refractivity contribution in [2.24, 2.45) is 5.14 Å². The van der Waals surface area contributed by atoms with Gasteiger partial charge < -0.3 is 5.32 Å². The molecule has 5 nitrogen and oxygen atoms in total. The summed E-state index contributed by atoms with van der Waals surface area (Å²) in [5.74, 6) is -0.0241. The van der Waals surface area contributed by atoms with Gasteiger partial charge in [0.15, 0.2) is 0 Å². The Balaban J connectivity index is 2.07. The summed E-state index contributed by atoms with van der Waals surface area (Å²) in [6.07, 6.45) is 2.21. The van der Waals surface area contributed by atoms with Gasteiger partial charge in [-0.15, -0.1) is 0 Å². The largest absolute Gasteiger partial charge is 0.305 e. The maximum atomic E-state index is 11.0. The maximum absolute atomic E-state index is 11.0. The molecule has 2 aromatic rings. The monoisotopic (exact) mass is 305 g/mol. The Morgan fingerprint density at radius 1 is 1.10 bits per heavy atom. The molecule has 0 saturated carbocycles. The molecular formula is C15H19N3O2S. The maximum Gasteiger partial charge on any atom is 0.209 e. The number of benzene rings is 1. The van der Waals surface area contributed by atoms with Crippen LogP contribution in [0.15, 0.2) is 54.7 Å². The molecule has 0 amide bonds. The van der Waals surface area contributed by atoms with Crippen LogP contribution in [-0.2, 0) is 10.0 Å². The second-order valence-corrected chi connectivity index (χ2v) is 6.51. The number of primary sulfonamides is 1. The van der Waals surface area contributed by atoms with Crippen molar-refractivity contribution in [2.75, 3.05) is 12.3 Å². The highest BCUT2D eigenvalue weighted by Gasteiger charge is 2.14. The Morgan fingerprint density at radius 2 is 1.81 bits per heavy atom. The minimum absolute atomic E-state index is 0.0241. The van der Waals surface area contributed by atoms with Gasteiger partial charge in [-0.1, -0.05) is 36.4 Å². The number of nitrogens with one attached hydrogen (secondary N) is 1. The number of aromatic nitrogens is 1. The van der Waals surface area contributed by atoms with E-state index in [1.165, 1.54) is 0 Å². The van der Waals surface area contributed by atoms with Crippen LogP contribution >= 0.6 is 0 Å². The van der Waals surface area contributed by atoms with E-state index >= 15 is 0 Å². The van der Waals surface area contributed by atoms with Crippen molar-refractivity contribution < 1.29 is 8.42 Å². The number of hydrogen-bond donors (Lipinski definition) is 2. The van der Waals surface area contributed by atoms with Crippen molar-refractivity contribution in [3.05, 3.63) is 66.0 Å². The van der Waals surface area contributed by atoms with Crippen molar-refractivity contribution in [1.29, 1.82) is 0 Å². The third-order valence-electron chi connectivity index (χ3n) is 3.07. The van der Waals surface area contributed by atoms with E-state index in [-0.39, 0.29) is 11.8 Å². The van der Waals surface area contributed by atoms with Gasteiger partial charge in [0, 0.05) is 6.20 Å². The molecule has 1 atom stereocenters. The van der Waals surface area contributed by atoms with Gasteiger partial charge in [-0.3, -0.25) is 4.98 Å². The van der Waals surface area contributed by atoms with Gasteiger partial charge in [0.1, 0.15) is 0 Å². The van der Waals surface area contributed by atoms with Crippen LogP contribution in [0.1, 0.15) is 23.7 Å². The van der Waals surface area contributed by atoms with E-state index in [0.717, 1.165) is 11.3 Å². The van der Waals surface area contributed by atoms with E-state index in [4.69, 9.17) is 5.14 Å². The second kappa shape index (κ2) is 7.31. The number of rotatable bonds is 7. The molecule has 21 heavy (non-hydrogen) atoms. The van der Waals surface area contributed by atoms with E-state index in [9.17, 15) is 8.42 Å². The minimum atomic E-state index is -3.41. The second-order valence-electron chi connectivity index (χ2n) is 4.77. The first kappa shape index (κ1) is 15.6. The van der Waals surface area contributed by atoms with Crippen LogP contribution in [0, 0.1) is 0 Å². The van der Waals surface area contributed by atoms with E-state index in [2.05, 4.69) is 10.3 Å². The summed E-state index contributed by atoms with van der Waals surface area (Å²) < 4.78 is 21.9. The quantitative estimate of drug-likeness (QED) is 0.758. The normalized spacial score (nSPS) is 13.0. The summed E-state index contributed by atoms with van der Waals surface area (Å²) in [6, 6.07) is 15.6. The van der Waals surface area contributed by atoms with Gasteiger partial charge in [-0.05, 0) is 30.7 Å². The van der Waals surface area contributed by atoms with E-state index in [1.54, 1.807) is 6.20 Å². The summed E-state index contributed by atoms with van der Waals surface area (Å²) in [5, 5.41) is 8.35. The Labute approximate surface area is 125 Å². The first-order valence-corrected chi connectivity index (χ1v) is 8.47. The van der Waals surface area contributed by atoms with Gasteiger partial charge in [0.05, 0.1) is 17.5 Å². The van der Waals surface area contributed by atoms with Crippen molar-refractivity contribution in [3.8, 4) is 0 Å². The summed E-state index contributed by atoms with van der Waals surface area (Å²) >= 11 is 0. The molecule has 0 radical (unpaired) electrons. The minimum Gasteiger partial charge on any atom is -0.305 e. The zero-order valence-corrected chi connectivity index (χ0v) is 12.5. The topological polar surface area (TPSA) is 85.1 Å². The van der Waals surface area contributed by atoms with Crippen molar-refractivity contribution in [2.45, 2.75) is 12.5 Å². The Morgan fingerprint density at radius 3 is 2.43 bits per heavy atom. The summed E-state index contributed by atoms with van der Waals surface area (Å²) in [7, 11) is -3.41. The zero-order valence-electron chi connectivity index (χ0n) is 11.6. The Bertz CT molecular complexity index is 606. The molecule has 0 aliphatic rings. The number of hydrogen-bond acceptors (Lipinski definition) is 4. The molecule has 1 aromatic heterocycles. The fourth-order valence-corrected chi connectivity index (χ4v) is 2.65. The van der Waals surface area contributed by atoms with Crippen molar-refractivity contribution >= 4 is 10.0 Å². The molecule has 2 rings (SSSR count). The molecule has 112 valence electrons. The fraction of sp³-hybridized carbons (Fsp3) is 0.267. The molecular weight excluding hydrogens is 286 g/mol. The Hall–Kier alpha value is -1.76. The van der Waals surface area contributed by atoms with Crippen LogP contribution in [0.3, 0.4) is 0 Å². The lowest BCUT2D eigenvalue weighted by Crippen LogP contribution is -2.27. The van der Waals surface area contributed by atoms with Crippen LogP contribution in [0.2, 0.25) is 0 Å². The molecule has 1 heterocycles. The smallest absolute Gasteiger partial charge is 0.209 e. The summed E-state index contributed by atoms with van der Waals surface area (Å²) in [5.41, 5.74) is 1.99. The first-order valence-electron chi connectivity index (χ1n) is 6.76. The lowest BCUT2D eigenvalue weighted by atomic mass is 10.0. The fourth-order valence-electron chi connectivity index (χ4n) is 2.11. The lowest BCUT2D eigenvalue weighted by Gasteiger charge is -2.18. The van der Waals surface area contributed by atoms with Gasteiger partial charge in [0.25, 0.3) is 0 Å². The van der Waals surface area contributed by atoms with Crippen molar-refractivity contribution in [3.63, 3.8) is 0 Å². The van der Waals surface area contributed by atoms with Crippen molar-refractivity contribution in [1.82, 2.24) is 10.3 Å². The average Bonchev–Trinajstić information content (AvgIpc) is 2.48. The lowest BCUT2D eigenvalue weighted by molar-refractivity contribution is 0.571. The van der Waals surface area contributed by atoms with Gasteiger partial charge >= 0.3 is 0 Å². The van der Waals surface area contributed by atoms with E-state index < -0.39 is 10.0 Å². The third kappa shape index (κ3) is 5.26. The summed E-state index contributed by atoms with van der Waals surface area (Å²) in [4.78, 5) is 4.38. The van der Waals surface area contributed by atoms with Gasteiger partial charge in [-0.2, -0.15) is 0 Å². The molecule has 0 aliphatic carbocycles. The van der Waals surface area contributed by atoms with Crippen LogP contribution in [0.25, 0.3) is 0 Å². The molecule has 6 heteroatoms. The van der Waals surface area contributed by atoms with Gasteiger partial charge in [0.2, 0.25) is 10.0 Å². The van der Waals surface area contributed by atoms with Crippen LogP contribution in [0.4, 0.5) is 0 Å². The van der Waals surface area contributed by atoms with Crippen LogP contribution in [-0.4, -0.2) is 25.7 Å². The highest BCUT2D eigenvalue weighted by Crippen LogP contribution is 2.19. The average molecular weight is 305 g/mol. The van der Waals surface area contributed by atoms with E-state index in [1.807, 2.05) is 48.5 Å². The predicted molar refractivity (Wildman–Crippen MR) is 83.1 cm³/mol. The predicted octanol–water partition coefficient (Wildman–Crippen LogP) is 1.44. The first-order chi connectivity index (χ1) is 10.1. The highest BCUT2D eigenvalue weighted by atomic mass is 32.2. The number of nitrogens with zero attached hydrogens (tertiary/aromatic N) is 1. The molecule has 0 spiro atoms. The highest BCUT2D eigenvalue weighted by molar-refractivity contribution is 7.89. The molecule has 0 aliphatic heterocycles. The van der Waals surface area contributed by atoms with E-state index in [0.29, 0.717) is 13.0 Å². The molecule has 1 unspecified atom stereocenters. The molecule has 3 N–H and O–H groups in total. The molecule has 0 fully saturated rings. The van der Waals surface area contributed by atoms with Crippen LogP contribution < -0.4 is 10.5 Å². The number of pyridine rings is 1. The standard InChI is InChI=1S/C15H19N3O2S/c16-21(19,20)12-6-11-18-15(13-7-2-1-3-8-13)14-9-4-5-10-17-14/h1-5,7-10,15,18H,6,11-12H2,(H2,16,19,20). The van der Waals surface area contributed by atoms with Gasteiger partial charge in [-0.25, -0.2) is 13.6 Å². The molecule has 0 saturated heterocycles. The zero-order chi connectivity index (χ0) is 15.1. The molecule has 1 aromatic carbocycles. The third-order valence-corrected chi connectivity index (χ3v) is 3.93.